The first kappa shape index (κ1) is 12.0. The van der Waals surface area contributed by atoms with Gasteiger partial charge in [-0.1, -0.05) is 27.2 Å². The average molecular weight is 238 g/mol. The van der Waals surface area contributed by atoms with Crippen molar-refractivity contribution >= 4 is 0 Å². The molecule has 0 aliphatic heterocycles. The molecule has 3 saturated carbocycles. The minimum Gasteiger partial charge on any atom is -0.393 e. The van der Waals surface area contributed by atoms with Crippen LogP contribution in [0.3, 0.4) is 0 Å². The molecule has 3 rings (SSSR count). The fourth-order valence-corrected chi connectivity index (χ4v) is 5.39. The fraction of sp³-hybridized carbons (Fsp3) is 1.00. The van der Waals surface area contributed by atoms with Crippen molar-refractivity contribution in [3.63, 3.8) is 0 Å². The van der Waals surface area contributed by atoms with Crippen LogP contribution < -0.4 is 0 Å². The summed E-state index contributed by atoms with van der Waals surface area (Å²) in [5.41, 5.74) is -0.0991. The van der Waals surface area contributed by atoms with Crippen LogP contribution in [0.4, 0.5) is 0 Å². The number of rotatable bonds is 0. The Balaban J connectivity index is 1.98. The summed E-state index contributed by atoms with van der Waals surface area (Å²) in [5.74, 6) is 0.655. The van der Waals surface area contributed by atoms with Gasteiger partial charge in [0.2, 0.25) is 0 Å². The van der Waals surface area contributed by atoms with E-state index < -0.39 is 5.60 Å². The van der Waals surface area contributed by atoms with Crippen LogP contribution in [-0.2, 0) is 0 Å². The van der Waals surface area contributed by atoms with Crippen LogP contribution in [0.25, 0.3) is 0 Å². The standard InChI is InChI=1S/C15H26O2/c1-13(2)7-10-12(13)11(16)8-14(3)5-4-6-15(10,17)9-14/h10-12,16-17H,4-9H2,1-3H3/t10-,11-,12-,14-,15+/m1/s1. The van der Waals surface area contributed by atoms with Gasteiger partial charge in [0.1, 0.15) is 0 Å². The highest BCUT2D eigenvalue weighted by atomic mass is 16.3. The van der Waals surface area contributed by atoms with E-state index in [4.69, 9.17) is 0 Å². The Kier molecular flexibility index (Phi) is 2.30. The fourth-order valence-electron chi connectivity index (χ4n) is 5.39. The van der Waals surface area contributed by atoms with Crippen molar-refractivity contribution in [3.8, 4) is 0 Å². The molecule has 0 aromatic heterocycles. The van der Waals surface area contributed by atoms with Gasteiger partial charge in [-0.2, -0.15) is 0 Å². The zero-order valence-corrected chi connectivity index (χ0v) is 11.4. The molecule has 0 aromatic carbocycles. The number of aliphatic hydroxyl groups excluding tert-OH is 1. The van der Waals surface area contributed by atoms with Gasteiger partial charge in [0, 0.05) is 0 Å². The van der Waals surface area contributed by atoms with Crippen LogP contribution in [0.15, 0.2) is 0 Å². The maximum atomic E-state index is 11.0. The predicted molar refractivity (Wildman–Crippen MR) is 67.5 cm³/mol. The van der Waals surface area contributed by atoms with Crippen LogP contribution in [-0.4, -0.2) is 21.9 Å². The molecular formula is C15H26O2. The molecule has 5 atom stereocenters. The van der Waals surface area contributed by atoms with Crippen LogP contribution in [0.1, 0.15) is 59.3 Å². The van der Waals surface area contributed by atoms with Gasteiger partial charge in [0.25, 0.3) is 0 Å². The highest BCUT2D eigenvalue weighted by Gasteiger charge is 2.62. The SMILES string of the molecule is CC1(C)C[C@@H]2[C@@H]1[C@H](O)C[C@@]1(C)CCC[C@]2(O)C1. The molecule has 0 amide bonds. The largest absolute Gasteiger partial charge is 0.393 e. The Bertz CT molecular complexity index is 338. The topological polar surface area (TPSA) is 40.5 Å². The first-order valence-corrected chi connectivity index (χ1v) is 7.16. The number of fused-ring (bicyclic) bond motifs is 4. The average Bonchev–Trinajstić information content (AvgIpc) is 2.16. The van der Waals surface area contributed by atoms with Gasteiger partial charge in [0.15, 0.2) is 0 Å². The predicted octanol–water partition coefficient (Wildman–Crippen LogP) is 2.72. The molecule has 0 unspecified atom stereocenters. The lowest BCUT2D eigenvalue weighted by molar-refractivity contribution is -0.180. The van der Waals surface area contributed by atoms with Crippen molar-refractivity contribution in [2.24, 2.45) is 22.7 Å². The monoisotopic (exact) mass is 238 g/mol. The molecule has 2 bridgehead atoms. The van der Waals surface area contributed by atoms with E-state index in [0.717, 1.165) is 32.1 Å². The minimum absolute atomic E-state index is 0.167. The zero-order valence-electron chi connectivity index (χ0n) is 11.4. The van der Waals surface area contributed by atoms with E-state index in [1.165, 1.54) is 6.42 Å². The first-order valence-electron chi connectivity index (χ1n) is 7.16. The van der Waals surface area contributed by atoms with Gasteiger partial charge in [-0.25, -0.2) is 0 Å². The number of aliphatic hydroxyl groups is 2. The van der Waals surface area contributed by atoms with E-state index in [-0.39, 0.29) is 16.9 Å². The summed E-state index contributed by atoms with van der Waals surface area (Å²) in [7, 11) is 0. The molecular weight excluding hydrogens is 212 g/mol. The summed E-state index contributed by atoms with van der Waals surface area (Å²) < 4.78 is 0. The first-order chi connectivity index (χ1) is 7.76. The molecule has 0 heterocycles. The summed E-state index contributed by atoms with van der Waals surface area (Å²) in [5, 5.41) is 21.5. The molecule has 0 radical (unpaired) electrons. The minimum atomic E-state index is -0.481. The summed E-state index contributed by atoms with van der Waals surface area (Å²) in [6, 6.07) is 0. The van der Waals surface area contributed by atoms with Crippen molar-refractivity contribution in [1.82, 2.24) is 0 Å². The second-order valence-electron chi connectivity index (χ2n) is 8.04. The Morgan fingerprint density at radius 3 is 2.41 bits per heavy atom. The third kappa shape index (κ3) is 1.60. The second-order valence-corrected chi connectivity index (χ2v) is 8.04. The van der Waals surface area contributed by atoms with Crippen LogP contribution in [0, 0.1) is 22.7 Å². The molecule has 3 aliphatic carbocycles. The molecule has 3 fully saturated rings. The van der Waals surface area contributed by atoms with E-state index in [1.807, 2.05) is 0 Å². The summed E-state index contributed by atoms with van der Waals surface area (Å²) in [6.45, 7) is 6.76. The molecule has 17 heavy (non-hydrogen) atoms. The molecule has 2 N–H and O–H groups in total. The van der Waals surface area contributed by atoms with E-state index in [9.17, 15) is 10.2 Å². The lowest BCUT2D eigenvalue weighted by Gasteiger charge is -2.58. The molecule has 2 nitrogen and oxygen atoms in total. The molecule has 3 aliphatic rings. The third-order valence-electron chi connectivity index (χ3n) is 6.01. The van der Waals surface area contributed by atoms with Gasteiger partial charge in [0.05, 0.1) is 11.7 Å². The van der Waals surface area contributed by atoms with E-state index in [2.05, 4.69) is 20.8 Å². The van der Waals surface area contributed by atoms with Gasteiger partial charge < -0.3 is 10.2 Å². The molecule has 98 valence electrons. The third-order valence-corrected chi connectivity index (χ3v) is 6.01. The Morgan fingerprint density at radius 2 is 1.76 bits per heavy atom. The second kappa shape index (κ2) is 3.27. The maximum Gasteiger partial charge on any atom is 0.0685 e. The Labute approximate surface area is 104 Å². The van der Waals surface area contributed by atoms with Gasteiger partial charge in [-0.15, -0.1) is 0 Å². The quantitative estimate of drug-likeness (QED) is 0.681. The Morgan fingerprint density at radius 1 is 1.06 bits per heavy atom. The normalized spacial score (nSPS) is 56.6. The lowest BCUT2D eigenvalue weighted by atomic mass is 9.49. The summed E-state index contributed by atoms with van der Waals surface area (Å²) in [4.78, 5) is 0. The van der Waals surface area contributed by atoms with Gasteiger partial charge in [-0.05, 0) is 54.8 Å². The van der Waals surface area contributed by atoms with Gasteiger partial charge in [-0.3, -0.25) is 0 Å². The van der Waals surface area contributed by atoms with Crippen LogP contribution in [0.2, 0.25) is 0 Å². The summed E-state index contributed by atoms with van der Waals surface area (Å²) in [6.07, 6.45) is 5.93. The van der Waals surface area contributed by atoms with Crippen molar-refractivity contribution in [1.29, 1.82) is 0 Å². The Hall–Kier alpha value is -0.0800. The number of hydrogen-bond acceptors (Lipinski definition) is 2. The van der Waals surface area contributed by atoms with Crippen molar-refractivity contribution in [2.75, 3.05) is 0 Å². The van der Waals surface area contributed by atoms with Crippen molar-refractivity contribution < 1.29 is 10.2 Å². The maximum absolute atomic E-state index is 11.0. The van der Waals surface area contributed by atoms with Crippen molar-refractivity contribution in [2.45, 2.75) is 71.0 Å². The van der Waals surface area contributed by atoms with E-state index in [0.29, 0.717) is 11.8 Å². The highest BCUT2D eigenvalue weighted by molar-refractivity contribution is 5.12. The summed E-state index contributed by atoms with van der Waals surface area (Å²) >= 11 is 0. The van der Waals surface area contributed by atoms with Crippen LogP contribution in [0.5, 0.6) is 0 Å². The zero-order chi connectivity index (χ0) is 12.5. The molecule has 0 spiro atoms. The molecule has 0 saturated heterocycles. The molecule has 0 aromatic rings. The smallest absolute Gasteiger partial charge is 0.0685 e. The van der Waals surface area contributed by atoms with E-state index in [1.54, 1.807) is 0 Å². The van der Waals surface area contributed by atoms with Crippen molar-refractivity contribution in [3.05, 3.63) is 0 Å². The highest BCUT2D eigenvalue weighted by Crippen LogP contribution is 2.64. The number of hydrogen-bond donors (Lipinski definition) is 2. The lowest BCUT2D eigenvalue weighted by Crippen LogP contribution is -2.58. The molecule has 2 heteroatoms. The van der Waals surface area contributed by atoms with E-state index >= 15 is 0 Å². The van der Waals surface area contributed by atoms with Crippen LogP contribution >= 0.6 is 0 Å². The van der Waals surface area contributed by atoms with Gasteiger partial charge >= 0.3 is 0 Å².